The summed E-state index contributed by atoms with van der Waals surface area (Å²) in [6.45, 7) is 0. The maximum atomic E-state index is 13.3. The fourth-order valence-electron chi connectivity index (χ4n) is 3.89. The number of hydrogen-bond donors (Lipinski definition) is 0. The first-order valence-electron chi connectivity index (χ1n) is 9.36. The molecule has 5 heteroatoms. The Morgan fingerprint density at radius 2 is 1.43 bits per heavy atom. The maximum absolute atomic E-state index is 13.3. The second-order valence-electron chi connectivity index (χ2n) is 7.01. The summed E-state index contributed by atoms with van der Waals surface area (Å²) in [6, 6.07) is 24.0. The highest BCUT2D eigenvalue weighted by atomic mass is 35.5. The van der Waals surface area contributed by atoms with E-state index in [4.69, 9.17) is 11.6 Å². The van der Waals surface area contributed by atoms with Gasteiger partial charge in [0.2, 0.25) is 0 Å². The monoisotopic (exact) mass is 411 g/mol. The van der Waals surface area contributed by atoms with Crippen molar-refractivity contribution in [3.8, 4) is 0 Å². The number of hydrogen-bond acceptors (Lipinski definition) is 3. The van der Waals surface area contributed by atoms with E-state index >= 15 is 0 Å². The van der Waals surface area contributed by atoms with Crippen LogP contribution in [0.4, 0.5) is 5.69 Å². The normalized spacial score (nSPS) is 13.0. The fourth-order valence-corrected chi connectivity index (χ4v) is 4.07. The van der Waals surface area contributed by atoms with E-state index in [2.05, 4.69) is 0 Å². The molecule has 0 aliphatic carbocycles. The lowest BCUT2D eigenvalue weighted by molar-refractivity contribution is 0.0892. The molecular weight excluding hydrogens is 398 g/mol. The maximum Gasteiger partial charge on any atom is 0.265 e. The van der Waals surface area contributed by atoms with Gasteiger partial charge >= 0.3 is 0 Å². The van der Waals surface area contributed by atoms with Crippen molar-refractivity contribution in [3.05, 3.63) is 112 Å². The second kappa shape index (κ2) is 6.94. The number of halogens is 1. The molecule has 0 spiro atoms. The molecule has 4 aromatic rings. The fraction of sp³-hybridized carbons (Fsp3) is 0. The van der Waals surface area contributed by atoms with Crippen LogP contribution in [-0.2, 0) is 0 Å². The topological polar surface area (TPSA) is 54.5 Å². The minimum Gasteiger partial charge on any atom is -0.289 e. The van der Waals surface area contributed by atoms with Crippen LogP contribution >= 0.6 is 11.6 Å². The van der Waals surface area contributed by atoms with E-state index in [0.29, 0.717) is 43.7 Å². The summed E-state index contributed by atoms with van der Waals surface area (Å²) in [5.74, 6) is -1.04. The number of nitrogens with zero attached hydrogens (tertiary/aromatic N) is 1. The van der Waals surface area contributed by atoms with Gasteiger partial charge in [-0.25, -0.2) is 4.90 Å². The van der Waals surface area contributed by atoms with Crippen molar-refractivity contribution in [2.24, 2.45) is 0 Å². The Morgan fingerprint density at radius 1 is 0.733 bits per heavy atom. The minimum atomic E-state index is -0.440. The summed E-state index contributed by atoms with van der Waals surface area (Å²) in [6.07, 6.45) is 0. The van der Waals surface area contributed by atoms with E-state index in [0.717, 1.165) is 4.90 Å². The first-order valence-corrected chi connectivity index (χ1v) is 9.74. The summed E-state index contributed by atoms with van der Waals surface area (Å²) in [5.41, 5.74) is 2.17. The van der Waals surface area contributed by atoms with Crippen molar-refractivity contribution in [1.29, 1.82) is 0 Å². The van der Waals surface area contributed by atoms with E-state index in [-0.39, 0.29) is 5.78 Å². The smallest absolute Gasteiger partial charge is 0.265 e. The molecule has 5 rings (SSSR count). The van der Waals surface area contributed by atoms with Gasteiger partial charge in [0.1, 0.15) is 0 Å². The number of imide groups is 1. The molecule has 1 aliphatic rings. The van der Waals surface area contributed by atoms with Crippen molar-refractivity contribution in [2.45, 2.75) is 0 Å². The molecule has 144 valence electrons. The van der Waals surface area contributed by atoms with Crippen LogP contribution in [0.1, 0.15) is 36.6 Å². The van der Waals surface area contributed by atoms with E-state index in [1.165, 1.54) is 0 Å². The third-order valence-electron chi connectivity index (χ3n) is 5.25. The average molecular weight is 412 g/mol. The minimum absolute atomic E-state index is 0.156. The molecule has 0 fully saturated rings. The highest BCUT2D eigenvalue weighted by molar-refractivity contribution is 6.37. The van der Waals surface area contributed by atoms with Crippen LogP contribution in [0.25, 0.3) is 10.8 Å². The number of carbonyl (C=O) groups is 3. The average Bonchev–Trinajstić information content (AvgIpc) is 2.77. The van der Waals surface area contributed by atoms with Crippen LogP contribution in [-0.4, -0.2) is 17.6 Å². The van der Waals surface area contributed by atoms with Crippen LogP contribution in [0, 0.1) is 0 Å². The molecule has 0 atom stereocenters. The standard InChI is InChI=1S/C25H14ClNO3/c26-16-8-4-9-17(14-16)27-24(29)20-11-5-10-18-19(12-13-21(22(18)20)25(27)30)23(28)15-6-2-1-3-7-15/h1-14H. The van der Waals surface area contributed by atoms with E-state index in [1.54, 1.807) is 78.9 Å². The van der Waals surface area contributed by atoms with Crippen LogP contribution < -0.4 is 4.90 Å². The zero-order chi connectivity index (χ0) is 20.8. The van der Waals surface area contributed by atoms with Gasteiger partial charge in [-0.15, -0.1) is 0 Å². The first-order chi connectivity index (χ1) is 14.6. The van der Waals surface area contributed by atoms with E-state index in [1.807, 2.05) is 6.07 Å². The Hall–Kier alpha value is -3.76. The number of carbonyl (C=O) groups excluding carboxylic acids is 3. The van der Waals surface area contributed by atoms with Crippen molar-refractivity contribution < 1.29 is 14.4 Å². The zero-order valence-corrected chi connectivity index (χ0v) is 16.4. The lowest BCUT2D eigenvalue weighted by Gasteiger charge is -2.27. The molecule has 2 amide bonds. The summed E-state index contributed by atoms with van der Waals surface area (Å²) >= 11 is 6.07. The third-order valence-corrected chi connectivity index (χ3v) is 5.49. The highest BCUT2D eigenvalue weighted by Crippen LogP contribution is 2.35. The van der Waals surface area contributed by atoms with Crippen molar-refractivity contribution >= 4 is 45.7 Å². The Balaban J connectivity index is 1.71. The van der Waals surface area contributed by atoms with Gasteiger partial charge in [0.25, 0.3) is 11.8 Å². The van der Waals surface area contributed by atoms with Gasteiger partial charge in [0.05, 0.1) is 5.69 Å². The van der Waals surface area contributed by atoms with Crippen LogP contribution in [0.15, 0.2) is 84.9 Å². The van der Waals surface area contributed by atoms with Gasteiger partial charge < -0.3 is 0 Å². The molecule has 1 heterocycles. The molecule has 0 N–H and O–H groups in total. The third kappa shape index (κ3) is 2.73. The lowest BCUT2D eigenvalue weighted by Crippen LogP contribution is -2.40. The Labute approximate surface area is 177 Å². The quantitative estimate of drug-likeness (QED) is 0.329. The second-order valence-corrected chi connectivity index (χ2v) is 7.45. The number of benzene rings is 4. The van der Waals surface area contributed by atoms with Gasteiger partial charge in [0.15, 0.2) is 5.78 Å². The summed E-state index contributed by atoms with van der Waals surface area (Å²) < 4.78 is 0. The highest BCUT2D eigenvalue weighted by Gasteiger charge is 2.35. The SMILES string of the molecule is O=C(c1ccccc1)c1ccc2c3c(cccc13)C(=O)N(c1cccc(Cl)c1)C2=O. The Kier molecular flexibility index (Phi) is 4.23. The van der Waals surface area contributed by atoms with Gasteiger partial charge in [-0.05, 0) is 41.8 Å². The Bertz CT molecular complexity index is 1340. The van der Waals surface area contributed by atoms with Crippen LogP contribution in [0.2, 0.25) is 5.02 Å². The van der Waals surface area contributed by atoms with Crippen LogP contribution in [0.5, 0.6) is 0 Å². The molecule has 1 aliphatic heterocycles. The number of ketones is 1. The van der Waals surface area contributed by atoms with Gasteiger partial charge in [-0.1, -0.05) is 60.1 Å². The first kappa shape index (κ1) is 18.3. The number of rotatable bonds is 3. The molecule has 4 aromatic carbocycles. The Morgan fingerprint density at radius 3 is 2.17 bits per heavy atom. The van der Waals surface area contributed by atoms with E-state index < -0.39 is 11.8 Å². The summed E-state index contributed by atoms with van der Waals surface area (Å²) in [5, 5.41) is 1.53. The molecule has 0 aromatic heterocycles. The lowest BCUT2D eigenvalue weighted by atomic mass is 9.88. The zero-order valence-electron chi connectivity index (χ0n) is 15.6. The predicted octanol–water partition coefficient (Wildman–Crippen LogP) is 5.52. The molecule has 0 saturated heterocycles. The van der Waals surface area contributed by atoms with Crippen molar-refractivity contribution in [3.63, 3.8) is 0 Å². The van der Waals surface area contributed by atoms with Gasteiger partial charge in [0, 0.05) is 32.7 Å². The predicted molar refractivity (Wildman–Crippen MR) is 116 cm³/mol. The number of amides is 2. The van der Waals surface area contributed by atoms with Gasteiger partial charge in [-0.2, -0.15) is 0 Å². The van der Waals surface area contributed by atoms with Crippen molar-refractivity contribution in [2.75, 3.05) is 4.90 Å². The number of anilines is 1. The van der Waals surface area contributed by atoms with Crippen LogP contribution in [0.3, 0.4) is 0 Å². The molecule has 0 radical (unpaired) electrons. The molecule has 4 nitrogen and oxygen atoms in total. The molecule has 30 heavy (non-hydrogen) atoms. The molecular formula is C25H14ClNO3. The van der Waals surface area contributed by atoms with Crippen molar-refractivity contribution in [1.82, 2.24) is 0 Å². The summed E-state index contributed by atoms with van der Waals surface area (Å²) in [4.78, 5) is 40.7. The van der Waals surface area contributed by atoms with E-state index in [9.17, 15) is 14.4 Å². The summed E-state index contributed by atoms with van der Waals surface area (Å²) in [7, 11) is 0. The molecule has 0 unspecified atom stereocenters. The largest absolute Gasteiger partial charge is 0.289 e. The van der Waals surface area contributed by atoms with Gasteiger partial charge in [-0.3, -0.25) is 14.4 Å². The molecule has 0 saturated carbocycles. The molecule has 0 bridgehead atoms.